The summed E-state index contributed by atoms with van der Waals surface area (Å²) in [5.41, 5.74) is 6.11. The zero-order valence-electron chi connectivity index (χ0n) is 16.9. The Morgan fingerprint density at radius 3 is 1.45 bits per heavy atom. The Balaban J connectivity index is 0.000000147. The molecule has 0 aliphatic heterocycles. The predicted octanol–water partition coefficient (Wildman–Crippen LogP) is 10.8. The number of rotatable bonds is 0. The van der Waals surface area contributed by atoms with E-state index in [2.05, 4.69) is 91.6 Å². The molecule has 0 bridgehead atoms. The predicted molar refractivity (Wildman–Crippen MR) is 164 cm³/mol. The smallest absolute Gasteiger partial charge is 0.0477 e. The van der Waals surface area contributed by atoms with Crippen LogP contribution >= 0.6 is 125 Å². The van der Waals surface area contributed by atoms with Gasteiger partial charge in [-0.05, 0) is 115 Å². The van der Waals surface area contributed by atoms with E-state index in [4.69, 9.17) is 34.8 Å². The third kappa shape index (κ3) is 7.91. The van der Waals surface area contributed by atoms with Crippen molar-refractivity contribution in [2.24, 2.45) is 4.30 Å². The van der Waals surface area contributed by atoms with Crippen LogP contribution in [0.2, 0.25) is 0 Å². The van der Waals surface area contributed by atoms with E-state index in [-0.39, 0.29) is 0 Å². The van der Waals surface area contributed by atoms with Gasteiger partial charge in [-0.2, -0.15) is 0 Å². The van der Waals surface area contributed by atoms with Gasteiger partial charge in [-0.15, -0.1) is 45.3 Å². The molecule has 0 fully saturated rings. The number of aryl methyl sites for hydroxylation is 4. The van der Waals surface area contributed by atoms with Crippen LogP contribution in [-0.4, -0.2) is 11.9 Å². The number of thiol groups is 1. The van der Waals surface area contributed by atoms with Gasteiger partial charge in [-0.1, -0.05) is 34.8 Å². The molecule has 1 nitrogen and oxygen atoms in total. The summed E-state index contributed by atoms with van der Waals surface area (Å²) in [6.45, 7) is 0. The monoisotopic (exact) mass is 716 g/mol. The summed E-state index contributed by atoms with van der Waals surface area (Å²) in [7, 11) is 4.34. The summed E-state index contributed by atoms with van der Waals surface area (Å²) in [4.78, 5) is 5.97. The molecule has 0 unspecified atom stereocenters. The van der Waals surface area contributed by atoms with E-state index in [1.807, 2.05) is 45.3 Å². The van der Waals surface area contributed by atoms with Gasteiger partial charge in [0.2, 0.25) is 0 Å². The average molecular weight is 720 g/mol. The van der Waals surface area contributed by atoms with E-state index in [0.29, 0.717) is 0 Å². The van der Waals surface area contributed by atoms with Crippen LogP contribution in [0.15, 0.2) is 46.9 Å². The van der Waals surface area contributed by atoms with E-state index in [9.17, 15) is 0 Å². The van der Waals surface area contributed by atoms with Gasteiger partial charge in [0.05, 0.1) is 7.57 Å². The van der Waals surface area contributed by atoms with Gasteiger partial charge in [0, 0.05) is 19.5 Å². The summed E-state index contributed by atoms with van der Waals surface area (Å²) >= 11 is 32.2. The van der Waals surface area contributed by atoms with Crippen molar-refractivity contribution in [3.8, 4) is 19.5 Å². The van der Waals surface area contributed by atoms with Gasteiger partial charge in [0.1, 0.15) is 0 Å². The fourth-order valence-electron chi connectivity index (χ4n) is 3.55. The van der Waals surface area contributed by atoms with E-state index in [0.717, 1.165) is 0 Å². The number of nitrogens with zero attached hydrogens (tertiary/aromatic N) is 1. The van der Waals surface area contributed by atoms with Gasteiger partial charge < -0.3 is 0 Å². The number of thiophene rings is 4. The van der Waals surface area contributed by atoms with Crippen LogP contribution in [0.4, 0.5) is 0 Å². The molecule has 4 aromatic heterocycles. The third-order valence-electron chi connectivity index (χ3n) is 4.79. The van der Waals surface area contributed by atoms with Crippen LogP contribution in [0.25, 0.3) is 19.5 Å². The molecule has 173 valence electrons. The maximum Gasteiger partial charge on any atom is 0.0477 e. The number of halogens is 5. The normalized spacial score (nSPS) is 12.4. The average Bonchev–Trinajstić information content (AvgIpc) is 3.52. The first kappa shape index (κ1) is 28.4. The second-order valence-corrected chi connectivity index (χ2v) is 15.6. The molecule has 0 saturated heterocycles. The minimum atomic E-state index is -0.750. The van der Waals surface area contributed by atoms with E-state index < -0.39 is 4.30 Å². The summed E-state index contributed by atoms with van der Waals surface area (Å²) in [6, 6.07) is 9.05. The van der Waals surface area contributed by atoms with E-state index in [1.54, 1.807) is 11.1 Å². The molecule has 6 rings (SSSR count). The minimum Gasteiger partial charge on any atom is -0.143 e. The van der Waals surface area contributed by atoms with E-state index >= 15 is 0 Å². The standard InChI is InChI=1S/C10H6Br2S2.C10H8S2.CHCl3.BHNS/c11-7-3-5-1-2-6-4-8(12)14-10(6)9(5)13-7;1-2-8-4-6-12-10(8)9-7(1)3-5-11-9;2-1(3)4;1-2-3/h3-4H,1-2H2;3-6H,1-2H2;1H;3H. The van der Waals surface area contributed by atoms with E-state index in [1.165, 1.54) is 63.9 Å². The Bertz CT molecular complexity index is 1110. The summed E-state index contributed by atoms with van der Waals surface area (Å²) in [5, 5.41) is 4.42. The zero-order valence-corrected chi connectivity index (χ0v) is 26.5. The third-order valence-corrected chi connectivity index (χ3v) is 10.4. The minimum absolute atomic E-state index is 0.750. The number of hydrogen-bond acceptors (Lipinski definition) is 6. The van der Waals surface area contributed by atoms with Crippen LogP contribution in [-0.2, 0) is 25.7 Å². The van der Waals surface area contributed by atoms with Crippen molar-refractivity contribution < 1.29 is 0 Å². The van der Waals surface area contributed by atoms with Crippen molar-refractivity contribution in [1.29, 1.82) is 0 Å². The van der Waals surface area contributed by atoms with Crippen LogP contribution in [0.1, 0.15) is 22.3 Å². The molecule has 4 heterocycles. The van der Waals surface area contributed by atoms with Crippen molar-refractivity contribution >= 4 is 132 Å². The van der Waals surface area contributed by atoms with Crippen molar-refractivity contribution in [2.45, 2.75) is 30.0 Å². The molecule has 0 N–H and O–H groups in total. The van der Waals surface area contributed by atoms with Crippen LogP contribution < -0.4 is 0 Å². The van der Waals surface area contributed by atoms with Crippen LogP contribution in [0, 0.1) is 0 Å². The van der Waals surface area contributed by atoms with Crippen molar-refractivity contribution in [2.75, 3.05) is 0 Å². The molecule has 4 aromatic rings. The number of alkyl halides is 3. The topological polar surface area (TPSA) is 12.4 Å². The van der Waals surface area contributed by atoms with Gasteiger partial charge in [0.25, 0.3) is 0 Å². The maximum atomic E-state index is 4.81. The van der Waals surface area contributed by atoms with Gasteiger partial charge in [0.15, 0.2) is 4.30 Å². The van der Waals surface area contributed by atoms with Crippen molar-refractivity contribution in [3.05, 3.63) is 64.9 Å². The van der Waals surface area contributed by atoms with Crippen molar-refractivity contribution in [1.82, 2.24) is 0 Å². The Morgan fingerprint density at radius 2 is 1.09 bits per heavy atom. The fraction of sp³-hybridized carbons (Fsp3) is 0.238. The van der Waals surface area contributed by atoms with Gasteiger partial charge in [-0.3, -0.25) is 0 Å². The molecule has 1 radical (unpaired) electrons. The van der Waals surface area contributed by atoms with Gasteiger partial charge in [-0.25, -0.2) is 0 Å². The summed E-state index contributed by atoms with van der Waals surface area (Å²) in [6.07, 6.45) is 4.85. The van der Waals surface area contributed by atoms with Crippen LogP contribution in [0.3, 0.4) is 0 Å². The molecule has 0 atom stereocenters. The molecule has 12 heteroatoms. The molecule has 0 saturated carbocycles. The molecule has 2 aliphatic rings. The second-order valence-electron chi connectivity index (χ2n) is 6.72. The first-order valence-corrected chi connectivity index (χ1v) is 16.2. The van der Waals surface area contributed by atoms with Crippen molar-refractivity contribution in [3.63, 3.8) is 0 Å². The molecule has 33 heavy (non-hydrogen) atoms. The first-order chi connectivity index (χ1) is 15.8. The zero-order chi connectivity index (χ0) is 24.0. The molecule has 0 aromatic carbocycles. The number of fused-ring (bicyclic) bond motifs is 6. The molecule has 2 aliphatic carbocycles. The summed E-state index contributed by atoms with van der Waals surface area (Å²) in [5.74, 6) is 0. The first-order valence-electron chi connectivity index (χ1n) is 9.50. The quantitative estimate of drug-likeness (QED) is 0.106. The Kier molecular flexibility index (Phi) is 12.0. The Labute approximate surface area is 248 Å². The SMILES string of the molecule is Brc1cc2c(s1)-c1sc(Br)cc1CC2.ClC(Cl)Cl.[B]=NS.c1cc2c(s1)-c1sccc1CC2. The molecule has 0 amide bonds. The Morgan fingerprint density at radius 1 is 0.758 bits per heavy atom. The number of hydrogen-bond donors (Lipinski definition) is 1. The van der Waals surface area contributed by atoms with Gasteiger partial charge >= 0.3 is 24.8 Å². The second kappa shape index (κ2) is 14.0. The maximum absolute atomic E-state index is 4.81. The molecular weight excluding hydrogens is 704 g/mol. The van der Waals surface area contributed by atoms with Crippen LogP contribution in [0.5, 0.6) is 0 Å². The largest absolute Gasteiger partial charge is 0.143 e. The summed E-state index contributed by atoms with van der Waals surface area (Å²) < 4.78 is 4.44. The molecular formula is C21H16BBr2Cl3NS5. The Hall–Kier alpha value is 0.845. The fourth-order valence-corrected chi connectivity index (χ4v) is 9.29. The molecule has 0 spiro atoms.